The fraction of sp³-hybridized carbons (Fsp3) is 0.0667. The molecule has 1 aliphatic carbocycles. The van der Waals surface area contributed by atoms with Crippen molar-refractivity contribution >= 4 is 38.5 Å². The van der Waals surface area contributed by atoms with Crippen LogP contribution in [0.5, 0.6) is 0 Å². The van der Waals surface area contributed by atoms with Crippen molar-refractivity contribution in [2.24, 2.45) is 5.92 Å². The summed E-state index contributed by atoms with van der Waals surface area (Å²) in [5.41, 5.74) is 11.3. The van der Waals surface area contributed by atoms with Crippen molar-refractivity contribution < 1.29 is 0 Å². The monoisotopic (exact) mass is 589 g/mol. The second-order valence-corrected chi connectivity index (χ2v) is 12.2. The highest BCUT2D eigenvalue weighted by Crippen LogP contribution is 2.41. The van der Waals surface area contributed by atoms with E-state index in [4.69, 9.17) is 0 Å². The van der Waals surface area contributed by atoms with E-state index in [1.54, 1.807) is 0 Å². The van der Waals surface area contributed by atoms with Crippen LogP contribution in [-0.2, 0) is 0 Å². The predicted molar refractivity (Wildman–Crippen MR) is 197 cm³/mol. The largest absolute Gasteiger partial charge is 0.314 e. The molecule has 0 spiro atoms. The summed E-state index contributed by atoms with van der Waals surface area (Å²) >= 11 is 0. The summed E-state index contributed by atoms with van der Waals surface area (Å²) in [5.74, 6) is 0.345. The maximum absolute atomic E-state index is 2.44. The number of hydrogen-bond donors (Lipinski definition) is 0. The van der Waals surface area contributed by atoms with E-state index >= 15 is 0 Å². The molecule has 0 amide bonds. The van der Waals surface area contributed by atoms with Gasteiger partial charge in [0.1, 0.15) is 0 Å². The molecule has 1 unspecified atom stereocenters. The maximum Gasteiger partial charge on any atom is 0.0458 e. The molecule has 0 bridgehead atoms. The minimum atomic E-state index is 0.345. The third-order valence-electron chi connectivity index (χ3n) is 9.33. The molecule has 46 heavy (non-hydrogen) atoms. The van der Waals surface area contributed by atoms with E-state index in [0.717, 1.165) is 12.1 Å². The van der Waals surface area contributed by atoms with Crippen LogP contribution in [-0.4, -0.2) is 0 Å². The first-order valence-corrected chi connectivity index (χ1v) is 16.2. The van der Waals surface area contributed by atoms with E-state index in [9.17, 15) is 0 Å². The van der Waals surface area contributed by atoms with Crippen molar-refractivity contribution in [3.05, 3.63) is 187 Å². The molecule has 7 aromatic rings. The van der Waals surface area contributed by atoms with E-state index < -0.39 is 0 Å². The van der Waals surface area contributed by atoms with Gasteiger partial charge in [0.25, 0.3) is 0 Å². The first kappa shape index (κ1) is 27.9. The average molecular weight is 590 g/mol. The second kappa shape index (κ2) is 12.0. The zero-order valence-corrected chi connectivity index (χ0v) is 26.0. The highest BCUT2D eigenvalue weighted by atomic mass is 15.2. The molecule has 0 saturated carbocycles. The fourth-order valence-corrected chi connectivity index (χ4v) is 6.98. The van der Waals surface area contributed by atoms with Crippen molar-refractivity contribution in [3.63, 3.8) is 0 Å². The lowest BCUT2D eigenvalue weighted by Crippen LogP contribution is -2.23. The fourth-order valence-electron chi connectivity index (χ4n) is 6.98. The van der Waals surface area contributed by atoms with Crippen LogP contribution in [0.15, 0.2) is 182 Å². The molecule has 7 aromatic carbocycles. The standard InChI is InChI=1S/C45H35N/c1-32-30-37(34-14-6-3-7-15-34)24-29-45(32)46(39-25-20-35(21-26-39)33-12-4-2-5-13-33)40-27-22-36(23-28-40)44-31-38-16-8-9-17-41(38)42-18-10-11-19-43(42)44/h2-29,31-32H,30H2,1H3. The highest BCUT2D eigenvalue weighted by molar-refractivity contribution is 6.13. The van der Waals surface area contributed by atoms with Crippen LogP contribution in [0.1, 0.15) is 18.9 Å². The van der Waals surface area contributed by atoms with Crippen molar-refractivity contribution in [1.82, 2.24) is 0 Å². The molecule has 0 aliphatic heterocycles. The lowest BCUT2D eigenvalue weighted by molar-refractivity contribution is 0.680. The molecule has 8 rings (SSSR count). The third kappa shape index (κ3) is 5.21. The SMILES string of the molecule is CC1CC(c2ccccc2)=CC=C1N(c1ccc(-c2ccccc2)cc1)c1ccc(-c2cc3ccccc3c3ccccc23)cc1. The smallest absolute Gasteiger partial charge is 0.0458 e. The number of anilines is 2. The van der Waals surface area contributed by atoms with Crippen molar-refractivity contribution in [3.8, 4) is 22.3 Å². The second-order valence-electron chi connectivity index (χ2n) is 12.2. The number of rotatable bonds is 6. The molecule has 0 radical (unpaired) electrons. The number of allylic oxidation sites excluding steroid dienone is 4. The van der Waals surface area contributed by atoms with Gasteiger partial charge in [-0.2, -0.15) is 0 Å². The van der Waals surface area contributed by atoms with Crippen molar-refractivity contribution in [1.29, 1.82) is 0 Å². The van der Waals surface area contributed by atoms with Gasteiger partial charge in [-0.05, 0) is 97.8 Å². The van der Waals surface area contributed by atoms with E-state index in [-0.39, 0.29) is 0 Å². The highest BCUT2D eigenvalue weighted by Gasteiger charge is 2.24. The lowest BCUT2D eigenvalue weighted by atomic mass is 9.87. The zero-order valence-electron chi connectivity index (χ0n) is 26.0. The first-order chi connectivity index (χ1) is 22.7. The molecular formula is C45H35N. The maximum atomic E-state index is 2.44. The Bertz CT molecular complexity index is 2210. The van der Waals surface area contributed by atoms with Crippen LogP contribution >= 0.6 is 0 Å². The summed E-state index contributed by atoms with van der Waals surface area (Å²) < 4.78 is 0. The summed E-state index contributed by atoms with van der Waals surface area (Å²) in [4.78, 5) is 2.44. The molecule has 0 saturated heterocycles. The molecule has 0 aromatic heterocycles. The summed E-state index contributed by atoms with van der Waals surface area (Å²) in [6.07, 6.45) is 5.63. The van der Waals surface area contributed by atoms with Crippen molar-refractivity contribution in [2.75, 3.05) is 4.90 Å². The Labute approximate surface area is 271 Å². The molecule has 220 valence electrons. The molecule has 0 N–H and O–H groups in total. The molecule has 1 atom stereocenters. The van der Waals surface area contributed by atoms with Crippen LogP contribution < -0.4 is 4.90 Å². The Morgan fingerprint density at radius 3 is 1.63 bits per heavy atom. The van der Waals surface area contributed by atoms with Crippen LogP contribution in [0.25, 0.3) is 49.4 Å². The van der Waals surface area contributed by atoms with E-state index in [1.165, 1.54) is 66.3 Å². The Kier molecular flexibility index (Phi) is 7.28. The minimum absolute atomic E-state index is 0.345. The Morgan fingerprint density at radius 1 is 0.457 bits per heavy atom. The van der Waals surface area contributed by atoms with Crippen molar-refractivity contribution in [2.45, 2.75) is 13.3 Å². The van der Waals surface area contributed by atoms with Gasteiger partial charge < -0.3 is 4.90 Å². The molecular weight excluding hydrogens is 555 g/mol. The number of hydrogen-bond acceptors (Lipinski definition) is 1. The quantitative estimate of drug-likeness (QED) is 0.174. The first-order valence-electron chi connectivity index (χ1n) is 16.2. The van der Waals surface area contributed by atoms with Gasteiger partial charge in [0.05, 0.1) is 0 Å². The molecule has 0 heterocycles. The summed E-state index contributed by atoms with van der Waals surface area (Å²) in [7, 11) is 0. The van der Waals surface area contributed by atoms with Crippen LogP contribution in [0, 0.1) is 5.92 Å². The summed E-state index contributed by atoms with van der Waals surface area (Å²) in [6.45, 7) is 2.35. The Morgan fingerprint density at radius 2 is 0.978 bits per heavy atom. The van der Waals surface area contributed by atoms with Crippen LogP contribution in [0.3, 0.4) is 0 Å². The molecule has 1 heteroatoms. The minimum Gasteiger partial charge on any atom is -0.314 e. The van der Waals surface area contributed by atoms with Gasteiger partial charge in [-0.15, -0.1) is 0 Å². The normalized spacial score (nSPS) is 14.6. The van der Waals surface area contributed by atoms with Gasteiger partial charge in [-0.3, -0.25) is 0 Å². The van der Waals surface area contributed by atoms with Gasteiger partial charge in [-0.1, -0.05) is 146 Å². The number of nitrogens with zero attached hydrogens (tertiary/aromatic N) is 1. The van der Waals surface area contributed by atoms with Gasteiger partial charge in [0.15, 0.2) is 0 Å². The number of benzene rings is 7. The number of fused-ring (bicyclic) bond motifs is 3. The topological polar surface area (TPSA) is 3.24 Å². The third-order valence-corrected chi connectivity index (χ3v) is 9.33. The van der Waals surface area contributed by atoms with Gasteiger partial charge in [0, 0.05) is 23.0 Å². The van der Waals surface area contributed by atoms with E-state index in [2.05, 4.69) is 188 Å². The molecule has 0 fully saturated rings. The summed E-state index contributed by atoms with van der Waals surface area (Å²) in [5, 5.41) is 5.14. The van der Waals surface area contributed by atoms with Crippen LogP contribution in [0.2, 0.25) is 0 Å². The average Bonchev–Trinajstić information content (AvgIpc) is 3.13. The van der Waals surface area contributed by atoms with E-state index in [1.807, 2.05) is 0 Å². The summed E-state index contributed by atoms with van der Waals surface area (Å²) in [6, 6.07) is 59.3. The van der Waals surface area contributed by atoms with Gasteiger partial charge in [0.2, 0.25) is 0 Å². The lowest BCUT2D eigenvalue weighted by Gasteiger charge is -2.34. The molecule has 1 aliphatic rings. The van der Waals surface area contributed by atoms with Gasteiger partial charge in [-0.25, -0.2) is 0 Å². The van der Waals surface area contributed by atoms with Gasteiger partial charge >= 0.3 is 0 Å². The van der Waals surface area contributed by atoms with E-state index in [0.29, 0.717) is 5.92 Å². The molecule has 1 nitrogen and oxygen atoms in total. The predicted octanol–water partition coefficient (Wildman–Crippen LogP) is 12.5. The Hall–Kier alpha value is -5.66. The zero-order chi connectivity index (χ0) is 30.9. The Balaban J connectivity index is 1.22. The van der Waals surface area contributed by atoms with Crippen LogP contribution in [0.4, 0.5) is 11.4 Å².